The zero-order valence-corrected chi connectivity index (χ0v) is 16.8. The fourth-order valence-electron chi connectivity index (χ4n) is 3.33. The zero-order chi connectivity index (χ0) is 20.5. The number of carbonyl (C=O) groups is 1. The van der Waals surface area contributed by atoms with Gasteiger partial charge in [-0.3, -0.25) is 14.3 Å². The Morgan fingerprint density at radius 2 is 2.07 bits per heavy atom. The van der Waals surface area contributed by atoms with Crippen molar-refractivity contribution in [3.05, 3.63) is 80.6 Å². The number of nitrogens with zero attached hydrogens (tertiary/aromatic N) is 2. The largest absolute Gasteiger partial charge is 1.00 e. The van der Waals surface area contributed by atoms with Gasteiger partial charge >= 0.3 is 18.9 Å². The summed E-state index contributed by atoms with van der Waals surface area (Å²) in [5.74, 6) is -1.30. The Bertz CT molecular complexity index is 1190. The SMILES string of the molecule is O=C([O-])c1cnccc1Nc1cc(Cc2cc(Cl)ccc2F)c(=O)n2c1NCC2.[Li+]. The van der Waals surface area contributed by atoms with E-state index in [4.69, 9.17) is 11.6 Å². The maximum Gasteiger partial charge on any atom is 1.00 e. The van der Waals surface area contributed by atoms with E-state index in [1.54, 1.807) is 10.6 Å². The molecule has 0 fully saturated rings. The van der Waals surface area contributed by atoms with Crippen molar-refractivity contribution < 1.29 is 33.2 Å². The summed E-state index contributed by atoms with van der Waals surface area (Å²) < 4.78 is 15.7. The molecule has 7 nitrogen and oxygen atoms in total. The summed E-state index contributed by atoms with van der Waals surface area (Å²) in [5, 5.41) is 17.9. The third-order valence-electron chi connectivity index (χ3n) is 4.69. The predicted octanol–water partition coefficient (Wildman–Crippen LogP) is -0.837. The Kier molecular flexibility index (Phi) is 6.51. The number of carboxylic acid groups (broad SMARTS) is 1. The Morgan fingerprint density at radius 3 is 2.83 bits per heavy atom. The third kappa shape index (κ3) is 4.21. The van der Waals surface area contributed by atoms with Gasteiger partial charge in [-0.2, -0.15) is 0 Å². The summed E-state index contributed by atoms with van der Waals surface area (Å²) in [7, 11) is 0. The van der Waals surface area contributed by atoms with E-state index in [1.807, 2.05) is 0 Å². The number of aromatic nitrogens is 2. The van der Waals surface area contributed by atoms with Crippen molar-refractivity contribution in [3.63, 3.8) is 0 Å². The molecule has 1 aliphatic heterocycles. The summed E-state index contributed by atoms with van der Waals surface area (Å²) in [4.78, 5) is 28.0. The summed E-state index contributed by atoms with van der Waals surface area (Å²) in [6.45, 7) is 0.987. The molecule has 2 N–H and O–H groups in total. The van der Waals surface area contributed by atoms with Gasteiger partial charge in [0, 0.05) is 48.1 Å². The normalized spacial score (nSPS) is 11.9. The Balaban J connectivity index is 0.00000256. The second-order valence-corrected chi connectivity index (χ2v) is 7.00. The monoisotopic (exact) mass is 420 g/mol. The molecule has 4 rings (SSSR count). The van der Waals surface area contributed by atoms with Crippen LogP contribution < -0.4 is 40.2 Å². The van der Waals surface area contributed by atoms with Crippen molar-refractivity contribution in [2.75, 3.05) is 17.2 Å². The number of benzene rings is 1. The van der Waals surface area contributed by atoms with E-state index in [9.17, 15) is 19.1 Å². The average Bonchev–Trinajstić information content (AvgIpc) is 3.19. The molecule has 0 unspecified atom stereocenters. The number of pyridine rings is 2. The smallest absolute Gasteiger partial charge is 0.545 e. The predicted molar refractivity (Wildman–Crippen MR) is 105 cm³/mol. The van der Waals surface area contributed by atoms with Crippen LogP contribution in [0, 0.1) is 5.82 Å². The second-order valence-electron chi connectivity index (χ2n) is 6.56. The summed E-state index contributed by atoms with van der Waals surface area (Å²) in [6, 6.07) is 7.27. The van der Waals surface area contributed by atoms with Crippen molar-refractivity contribution >= 4 is 34.8 Å². The molecule has 148 valence electrons. The number of fused-ring (bicyclic) bond motifs is 1. The van der Waals surface area contributed by atoms with E-state index in [2.05, 4.69) is 15.6 Å². The summed E-state index contributed by atoms with van der Waals surface area (Å²) in [5.41, 5.74) is 1.06. The molecule has 0 aliphatic carbocycles. The van der Waals surface area contributed by atoms with Crippen LogP contribution in [0.1, 0.15) is 21.5 Å². The van der Waals surface area contributed by atoms with Gasteiger partial charge < -0.3 is 20.5 Å². The van der Waals surface area contributed by atoms with Crippen LogP contribution in [0.3, 0.4) is 0 Å². The number of anilines is 3. The van der Waals surface area contributed by atoms with Crippen molar-refractivity contribution in [1.29, 1.82) is 0 Å². The van der Waals surface area contributed by atoms with Gasteiger partial charge in [-0.25, -0.2) is 4.39 Å². The van der Waals surface area contributed by atoms with Crippen molar-refractivity contribution in [1.82, 2.24) is 9.55 Å². The standard InChI is InChI=1S/C20H16ClFN4O3.Li/c21-13-1-2-15(22)11(8-13)7-12-9-17(18-24-5-6-26(18)19(12)27)25-16-3-4-23-10-14(16)20(28)29;/h1-4,8-10,24H,5-7H2,(H,23,25)(H,28,29);/q;+1/p-1. The van der Waals surface area contributed by atoms with E-state index in [0.29, 0.717) is 40.7 Å². The number of rotatable bonds is 5. The molecule has 1 aliphatic rings. The summed E-state index contributed by atoms with van der Waals surface area (Å²) >= 11 is 5.96. The molecule has 0 bridgehead atoms. The quantitative estimate of drug-likeness (QED) is 0.522. The molecular weight excluding hydrogens is 406 g/mol. The minimum absolute atomic E-state index is 0. The van der Waals surface area contributed by atoms with Crippen LogP contribution in [0.25, 0.3) is 0 Å². The molecule has 0 saturated carbocycles. The molecule has 30 heavy (non-hydrogen) atoms. The van der Waals surface area contributed by atoms with E-state index >= 15 is 0 Å². The van der Waals surface area contributed by atoms with E-state index in [-0.39, 0.29) is 42.1 Å². The maximum absolute atomic E-state index is 14.2. The number of halogens is 2. The van der Waals surface area contributed by atoms with Crippen LogP contribution in [-0.4, -0.2) is 22.1 Å². The van der Waals surface area contributed by atoms with Gasteiger partial charge in [-0.05, 0) is 35.9 Å². The number of carboxylic acids is 1. The van der Waals surface area contributed by atoms with Crippen LogP contribution in [0.2, 0.25) is 5.02 Å². The number of carbonyl (C=O) groups excluding carboxylic acids is 1. The molecule has 0 amide bonds. The molecule has 0 saturated heterocycles. The molecule has 2 aromatic heterocycles. The first-order chi connectivity index (χ1) is 13.9. The van der Waals surface area contributed by atoms with Crippen LogP contribution in [0.15, 0.2) is 47.5 Å². The van der Waals surface area contributed by atoms with E-state index < -0.39 is 11.8 Å². The molecule has 1 aromatic carbocycles. The fraction of sp³-hybridized carbons (Fsp3) is 0.150. The van der Waals surface area contributed by atoms with Gasteiger partial charge in [-0.15, -0.1) is 0 Å². The first-order valence-electron chi connectivity index (χ1n) is 8.81. The fourth-order valence-corrected chi connectivity index (χ4v) is 3.53. The summed E-state index contributed by atoms with van der Waals surface area (Å²) in [6.07, 6.45) is 2.67. The van der Waals surface area contributed by atoms with Crippen LogP contribution in [0.5, 0.6) is 0 Å². The average molecular weight is 421 g/mol. The van der Waals surface area contributed by atoms with Gasteiger partial charge in [0.05, 0.1) is 17.3 Å². The van der Waals surface area contributed by atoms with E-state index in [1.165, 1.54) is 36.7 Å². The van der Waals surface area contributed by atoms with Gasteiger partial charge in [0.15, 0.2) is 0 Å². The van der Waals surface area contributed by atoms with Crippen LogP contribution in [-0.2, 0) is 13.0 Å². The second kappa shape index (κ2) is 8.92. The Morgan fingerprint density at radius 1 is 1.27 bits per heavy atom. The van der Waals surface area contributed by atoms with Gasteiger partial charge in [0.2, 0.25) is 0 Å². The zero-order valence-electron chi connectivity index (χ0n) is 16.0. The van der Waals surface area contributed by atoms with Crippen LogP contribution >= 0.6 is 11.6 Å². The number of hydrogen-bond acceptors (Lipinski definition) is 6. The number of hydrogen-bond donors (Lipinski definition) is 2. The van der Waals surface area contributed by atoms with Gasteiger partial charge in [0.25, 0.3) is 5.56 Å². The minimum atomic E-state index is -1.38. The van der Waals surface area contributed by atoms with Crippen molar-refractivity contribution in [2.45, 2.75) is 13.0 Å². The molecule has 0 spiro atoms. The van der Waals surface area contributed by atoms with Gasteiger partial charge in [0.1, 0.15) is 11.6 Å². The third-order valence-corrected chi connectivity index (χ3v) is 4.93. The molecule has 0 radical (unpaired) electrons. The van der Waals surface area contributed by atoms with Crippen molar-refractivity contribution in [2.24, 2.45) is 0 Å². The molecular formula is C20H15ClFLiN4O3. The van der Waals surface area contributed by atoms with Gasteiger partial charge in [-0.1, -0.05) is 11.6 Å². The van der Waals surface area contributed by atoms with E-state index in [0.717, 1.165) is 0 Å². The number of aromatic carboxylic acids is 1. The van der Waals surface area contributed by atoms with Crippen molar-refractivity contribution in [3.8, 4) is 0 Å². The first kappa shape index (κ1) is 21.9. The molecule has 10 heteroatoms. The Hall–Kier alpha value is -2.79. The molecule has 3 aromatic rings. The minimum Gasteiger partial charge on any atom is -0.545 e. The first-order valence-corrected chi connectivity index (χ1v) is 9.18. The molecule has 0 atom stereocenters. The van der Waals surface area contributed by atoms with Crippen LogP contribution in [0.4, 0.5) is 21.6 Å². The maximum atomic E-state index is 14.2. The number of nitrogens with one attached hydrogen (secondary N) is 2. The Labute approximate surface area is 188 Å². The molecule has 3 heterocycles. The topological polar surface area (TPSA) is 99.1 Å².